The summed E-state index contributed by atoms with van der Waals surface area (Å²) >= 11 is 0. The van der Waals surface area contributed by atoms with Crippen LogP contribution in [0.25, 0.3) is 5.69 Å². The summed E-state index contributed by atoms with van der Waals surface area (Å²) in [5, 5.41) is 19.5. The highest BCUT2D eigenvalue weighted by atomic mass is 32.2. The Kier molecular flexibility index (Phi) is 7.45. The first-order chi connectivity index (χ1) is 15.3. The van der Waals surface area contributed by atoms with E-state index in [9.17, 15) is 23.4 Å². The van der Waals surface area contributed by atoms with Gasteiger partial charge in [-0.1, -0.05) is 19.4 Å². The fraction of sp³-hybridized carbons (Fsp3) is 0.545. The number of aliphatic hydroxyl groups excluding tert-OH is 1. The first-order valence-corrected chi connectivity index (χ1v) is 12.3. The van der Waals surface area contributed by atoms with Crippen LogP contribution in [0.15, 0.2) is 27.9 Å². The lowest BCUT2D eigenvalue weighted by molar-refractivity contribution is 0.131. The maximum absolute atomic E-state index is 13.7. The molecule has 10 heteroatoms. The average Bonchev–Trinajstić information content (AvgIpc) is 2.77. The molecule has 2 N–H and O–H groups in total. The van der Waals surface area contributed by atoms with E-state index in [-0.39, 0.29) is 24.4 Å². The van der Waals surface area contributed by atoms with Gasteiger partial charge in [-0.05, 0) is 44.2 Å². The normalized spacial score (nSPS) is 19.0. The summed E-state index contributed by atoms with van der Waals surface area (Å²) < 4.78 is 38.8. The molecule has 1 fully saturated rings. The molecule has 1 aliphatic rings. The standard InChI is InChI=1S/C22H30N2O7S/c1-4-5-9-18-23-21(26)20(32(28,29)15-12-10-14(25)11-13-15)22(27)24(18)19-16(30-2)7-6-8-17(19)31-3/h6-8,14-15,25-26H,4-5,9-13H2,1-3H3. The second-order valence-electron chi connectivity index (χ2n) is 7.91. The first-order valence-electron chi connectivity index (χ1n) is 10.7. The van der Waals surface area contributed by atoms with Gasteiger partial charge in [0.05, 0.1) is 25.6 Å². The second-order valence-corrected chi connectivity index (χ2v) is 10.1. The lowest BCUT2D eigenvalue weighted by Gasteiger charge is -2.26. The van der Waals surface area contributed by atoms with Crippen molar-refractivity contribution in [3.05, 3.63) is 34.4 Å². The zero-order chi connectivity index (χ0) is 23.5. The van der Waals surface area contributed by atoms with E-state index in [0.717, 1.165) is 6.42 Å². The van der Waals surface area contributed by atoms with Gasteiger partial charge >= 0.3 is 0 Å². The van der Waals surface area contributed by atoms with Crippen LogP contribution in [0.5, 0.6) is 17.4 Å². The van der Waals surface area contributed by atoms with E-state index in [4.69, 9.17) is 9.47 Å². The van der Waals surface area contributed by atoms with Crippen molar-refractivity contribution in [3.63, 3.8) is 0 Å². The third-order valence-electron chi connectivity index (χ3n) is 5.84. The molecule has 2 aromatic rings. The Morgan fingerprint density at radius 2 is 1.72 bits per heavy atom. The van der Waals surface area contributed by atoms with E-state index >= 15 is 0 Å². The summed E-state index contributed by atoms with van der Waals surface area (Å²) in [6.45, 7) is 1.97. The molecule has 1 heterocycles. The number of methoxy groups -OCH3 is 2. The maximum Gasteiger partial charge on any atom is 0.281 e. The highest BCUT2D eigenvalue weighted by Gasteiger charge is 2.37. The summed E-state index contributed by atoms with van der Waals surface area (Å²) in [5.74, 6) is 0.0363. The van der Waals surface area contributed by atoms with Crippen LogP contribution in [0.1, 0.15) is 51.3 Å². The van der Waals surface area contributed by atoms with Gasteiger partial charge in [-0.15, -0.1) is 0 Å². The predicted octanol–water partition coefficient (Wildman–Crippen LogP) is 2.38. The van der Waals surface area contributed by atoms with E-state index in [0.29, 0.717) is 37.2 Å². The Morgan fingerprint density at radius 3 is 2.25 bits per heavy atom. The lowest BCUT2D eigenvalue weighted by atomic mass is 9.97. The minimum Gasteiger partial charge on any atom is -0.494 e. The van der Waals surface area contributed by atoms with Gasteiger partial charge in [-0.25, -0.2) is 8.42 Å². The highest BCUT2D eigenvalue weighted by Crippen LogP contribution is 2.35. The number of aromatic nitrogens is 2. The topological polar surface area (TPSA) is 128 Å². The number of ether oxygens (including phenoxy) is 2. The van der Waals surface area contributed by atoms with Crippen molar-refractivity contribution < 1.29 is 28.1 Å². The molecule has 1 aromatic carbocycles. The van der Waals surface area contributed by atoms with Crippen LogP contribution in [0, 0.1) is 0 Å². The summed E-state index contributed by atoms with van der Waals surface area (Å²) in [6, 6.07) is 4.96. The molecule has 3 rings (SSSR count). The molecule has 0 aliphatic heterocycles. The molecule has 1 aromatic heterocycles. The van der Waals surface area contributed by atoms with Crippen molar-refractivity contribution >= 4 is 9.84 Å². The minimum atomic E-state index is -4.19. The molecule has 0 bridgehead atoms. The Balaban J connectivity index is 2.29. The summed E-state index contributed by atoms with van der Waals surface area (Å²) in [5.41, 5.74) is -0.658. The van der Waals surface area contributed by atoms with Gasteiger partial charge in [0, 0.05) is 6.42 Å². The van der Waals surface area contributed by atoms with E-state index in [1.165, 1.54) is 18.8 Å². The van der Waals surface area contributed by atoms with Crippen LogP contribution in [0.3, 0.4) is 0 Å². The second kappa shape index (κ2) is 9.91. The predicted molar refractivity (Wildman–Crippen MR) is 119 cm³/mol. The van der Waals surface area contributed by atoms with Crippen molar-refractivity contribution in [2.75, 3.05) is 14.2 Å². The van der Waals surface area contributed by atoms with Gasteiger partial charge in [0.25, 0.3) is 5.56 Å². The molecule has 32 heavy (non-hydrogen) atoms. The number of aliphatic hydroxyl groups is 1. The largest absolute Gasteiger partial charge is 0.494 e. The van der Waals surface area contributed by atoms with Gasteiger partial charge in [-0.3, -0.25) is 9.36 Å². The fourth-order valence-electron chi connectivity index (χ4n) is 4.09. The fourth-order valence-corrected chi connectivity index (χ4v) is 5.95. The molecule has 176 valence electrons. The number of hydrogen-bond donors (Lipinski definition) is 2. The molecule has 9 nitrogen and oxygen atoms in total. The number of unbranched alkanes of at least 4 members (excludes halogenated alkanes) is 1. The van der Waals surface area contributed by atoms with Crippen LogP contribution >= 0.6 is 0 Å². The van der Waals surface area contributed by atoms with E-state index < -0.39 is 37.5 Å². The number of para-hydroxylation sites is 1. The maximum atomic E-state index is 13.7. The van der Waals surface area contributed by atoms with E-state index in [1.807, 2.05) is 6.92 Å². The Morgan fingerprint density at radius 1 is 1.12 bits per heavy atom. The van der Waals surface area contributed by atoms with Gasteiger partial charge < -0.3 is 19.7 Å². The third kappa shape index (κ3) is 4.47. The van der Waals surface area contributed by atoms with Gasteiger partial charge in [-0.2, -0.15) is 4.98 Å². The van der Waals surface area contributed by atoms with E-state index in [2.05, 4.69) is 4.98 Å². The lowest BCUT2D eigenvalue weighted by Crippen LogP contribution is -2.35. The summed E-state index contributed by atoms with van der Waals surface area (Å²) in [7, 11) is -1.32. The number of benzene rings is 1. The van der Waals surface area contributed by atoms with Crippen molar-refractivity contribution in [3.8, 4) is 23.1 Å². The van der Waals surface area contributed by atoms with Crippen LogP contribution in [0.2, 0.25) is 0 Å². The Hall–Kier alpha value is -2.59. The van der Waals surface area contributed by atoms with Crippen LogP contribution in [-0.4, -0.2) is 53.8 Å². The molecule has 1 aliphatic carbocycles. The molecular formula is C22H30N2O7S. The van der Waals surface area contributed by atoms with Crippen molar-refractivity contribution in [2.45, 2.75) is 68.1 Å². The number of sulfone groups is 1. The molecule has 0 atom stereocenters. The molecule has 0 spiro atoms. The van der Waals surface area contributed by atoms with Crippen LogP contribution < -0.4 is 15.0 Å². The van der Waals surface area contributed by atoms with Crippen molar-refractivity contribution in [1.29, 1.82) is 0 Å². The van der Waals surface area contributed by atoms with Crippen molar-refractivity contribution in [2.24, 2.45) is 0 Å². The Bertz CT molecular complexity index is 1100. The molecule has 0 amide bonds. The number of hydrogen-bond acceptors (Lipinski definition) is 8. The summed E-state index contributed by atoms with van der Waals surface area (Å²) in [6.07, 6.45) is 2.33. The zero-order valence-electron chi connectivity index (χ0n) is 18.6. The van der Waals surface area contributed by atoms with Crippen LogP contribution in [-0.2, 0) is 16.3 Å². The molecule has 0 unspecified atom stereocenters. The quantitative estimate of drug-likeness (QED) is 0.607. The number of aryl methyl sites for hydroxylation is 1. The van der Waals surface area contributed by atoms with E-state index in [1.54, 1.807) is 18.2 Å². The zero-order valence-corrected chi connectivity index (χ0v) is 19.4. The van der Waals surface area contributed by atoms with Crippen molar-refractivity contribution in [1.82, 2.24) is 9.55 Å². The molecule has 1 saturated carbocycles. The number of rotatable bonds is 8. The number of aromatic hydroxyl groups is 1. The Labute approximate surface area is 187 Å². The SMILES string of the molecule is CCCCc1nc(O)c(S(=O)(=O)C2CCC(O)CC2)c(=O)n1-c1c(OC)cccc1OC. The average molecular weight is 467 g/mol. The molecular weight excluding hydrogens is 436 g/mol. The summed E-state index contributed by atoms with van der Waals surface area (Å²) in [4.78, 5) is 17.1. The monoisotopic (exact) mass is 466 g/mol. The van der Waals surface area contributed by atoms with Gasteiger partial charge in [0.2, 0.25) is 5.88 Å². The highest BCUT2D eigenvalue weighted by molar-refractivity contribution is 7.92. The van der Waals surface area contributed by atoms with Gasteiger partial charge in [0.1, 0.15) is 23.0 Å². The smallest absolute Gasteiger partial charge is 0.281 e. The third-order valence-corrected chi connectivity index (χ3v) is 8.12. The number of nitrogens with zero attached hydrogens (tertiary/aromatic N) is 2. The molecule has 0 saturated heterocycles. The van der Waals surface area contributed by atoms with Crippen LogP contribution in [0.4, 0.5) is 0 Å². The first kappa shape index (κ1) is 24.1. The molecule has 0 radical (unpaired) electrons. The minimum absolute atomic E-state index is 0.206. The van der Waals surface area contributed by atoms with Gasteiger partial charge in [0.15, 0.2) is 14.7 Å².